The Morgan fingerprint density at radius 3 is 2.79 bits per heavy atom. The molecule has 0 N–H and O–H groups in total. The van der Waals surface area contributed by atoms with Crippen molar-refractivity contribution in [3.8, 4) is 0 Å². The number of fused-ring (bicyclic) bond motifs is 1. The van der Waals surface area contributed by atoms with Crippen LogP contribution in [0.5, 0.6) is 0 Å². The molecule has 0 unspecified atom stereocenters. The molecular formula is C17H21NO5S. The average Bonchev–Trinajstić information content (AvgIpc) is 3.08. The van der Waals surface area contributed by atoms with E-state index in [0.717, 1.165) is 10.9 Å². The molecule has 0 aliphatic carbocycles. The standard InChI is InChI=1S/C17H21NO5S/c1-3-22-17(19)16-14(13-6-4-5-7-15(13)23-16)10-18(2)12-8-9-24(20,21)11-12/h4-7,12H,3,8-11H2,1-2H3/t12-/m0/s1. The van der Waals surface area contributed by atoms with Gasteiger partial charge in [-0.25, -0.2) is 13.2 Å². The van der Waals surface area contributed by atoms with Gasteiger partial charge in [0.2, 0.25) is 5.76 Å². The topological polar surface area (TPSA) is 76.8 Å². The highest BCUT2D eigenvalue weighted by Crippen LogP contribution is 2.29. The first kappa shape index (κ1) is 17.0. The Hall–Kier alpha value is -1.86. The number of carbonyl (C=O) groups is 1. The van der Waals surface area contributed by atoms with Crippen molar-refractivity contribution < 1.29 is 22.4 Å². The fourth-order valence-corrected chi connectivity index (χ4v) is 4.92. The van der Waals surface area contributed by atoms with E-state index in [2.05, 4.69) is 0 Å². The highest BCUT2D eigenvalue weighted by atomic mass is 32.2. The summed E-state index contributed by atoms with van der Waals surface area (Å²) in [6, 6.07) is 7.39. The van der Waals surface area contributed by atoms with Gasteiger partial charge in [-0.15, -0.1) is 0 Å². The number of furan rings is 1. The first-order valence-corrected chi connectivity index (χ1v) is 9.81. The molecule has 2 aromatic rings. The maximum absolute atomic E-state index is 12.2. The molecule has 1 fully saturated rings. The zero-order chi connectivity index (χ0) is 17.3. The molecule has 1 aromatic heterocycles. The Bertz CT molecular complexity index is 855. The van der Waals surface area contributed by atoms with Crippen molar-refractivity contribution in [2.24, 2.45) is 0 Å². The number of esters is 1. The molecule has 24 heavy (non-hydrogen) atoms. The summed E-state index contributed by atoms with van der Waals surface area (Å²) in [5, 5.41) is 0.855. The van der Waals surface area contributed by atoms with E-state index in [1.54, 1.807) is 6.92 Å². The van der Waals surface area contributed by atoms with Gasteiger partial charge in [0.1, 0.15) is 5.58 Å². The Balaban J connectivity index is 1.92. The van der Waals surface area contributed by atoms with E-state index in [0.29, 0.717) is 18.5 Å². The first-order chi connectivity index (χ1) is 11.4. The molecule has 0 spiro atoms. The largest absolute Gasteiger partial charge is 0.460 e. The summed E-state index contributed by atoms with van der Waals surface area (Å²) in [5.41, 5.74) is 1.37. The summed E-state index contributed by atoms with van der Waals surface area (Å²) in [7, 11) is -1.08. The van der Waals surface area contributed by atoms with Crippen LogP contribution < -0.4 is 0 Å². The molecule has 1 atom stereocenters. The summed E-state index contributed by atoms with van der Waals surface area (Å²) in [6.07, 6.45) is 0.614. The van der Waals surface area contributed by atoms with Crippen molar-refractivity contribution in [3.05, 3.63) is 35.6 Å². The number of hydrogen-bond donors (Lipinski definition) is 0. The Kier molecular flexibility index (Phi) is 4.64. The number of hydrogen-bond acceptors (Lipinski definition) is 6. The second-order valence-corrected chi connectivity index (χ2v) is 8.33. The number of rotatable bonds is 5. The quantitative estimate of drug-likeness (QED) is 0.769. The number of carbonyl (C=O) groups excluding carboxylic acids is 1. The smallest absolute Gasteiger partial charge is 0.374 e. The molecule has 1 saturated heterocycles. The van der Waals surface area contributed by atoms with Gasteiger partial charge in [-0.2, -0.15) is 0 Å². The van der Waals surface area contributed by atoms with E-state index in [1.807, 2.05) is 36.2 Å². The molecule has 7 heteroatoms. The molecule has 1 aliphatic rings. The summed E-state index contributed by atoms with van der Waals surface area (Å²) in [5.74, 6) is 0.0919. The Labute approximate surface area is 141 Å². The van der Waals surface area contributed by atoms with Gasteiger partial charge in [-0.05, 0) is 26.5 Å². The number of para-hydroxylation sites is 1. The lowest BCUT2D eigenvalue weighted by molar-refractivity contribution is 0.0489. The Morgan fingerprint density at radius 1 is 1.38 bits per heavy atom. The molecule has 0 amide bonds. The van der Waals surface area contributed by atoms with E-state index in [1.165, 1.54) is 0 Å². The molecule has 0 saturated carbocycles. The van der Waals surface area contributed by atoms with E-state index >= 15 is 0 Å². The van der Waals surface area contributed by atoms with Gasteiger partial charge >= 0.3 is 5.97 Å². The SMILES string of the molecule is CCOC(=O)c1oc2ccccc2c1CN(C)[C@H]1CCS(=O)(=O)C1. The van der Waals surface area contributed by atoms with Crippen molar-refractivity contribution in [3.63, 3.8) is 0 Å². The predicted octanol–water partition coefficient (Wildman–Crippen LogP) is 2.23. The Morgan fingerprint density at radius 2 is 2.12 bits per heavy atom. The molecular weight excluding hydrogens is 330 g/mol. The number of sulfone groups is 1. The molecule has 0 radical (unpaired) electrons. The zero-order valence-corrected chi connectivity index (χ0v) is 14.6. The summed E-state index contributed by atoms with van der Waals surface area (Å²) in [4.78, 5) is 14.2. The predicted molar refractivity (Wildman–Crippen MR) is 90.7 cm³/mol. The third-order valence-corrected chi connectivity index (χ3v) is 6.15. The molecule has 130 valence electrons. The van der Waals surface area contributed by atoms with Crippen LogP contribution in [0, 0.1) is 0 Å². The van der Waals surface area contributed by atoms with E-state index in [-0.39, 0.29) is 29.9 Å². The number of ether oxygens (including phenoxy) is 1. The van der Waals surface area contributed by atoms with Crippen molar-refractivity contribution in [1.29, 1.82) is 0 Å². The average molecular weight is 351 g/mol. The zero-order valence-electron chi connectivity index (χ0n) is 13.8. The van der Waals surface area contributed by atoms with Gasteiger partial charge < -0.3 is 9.15 Å². The van der Waals surface area contributed by atoms with Crippen LogP contribution in [-0.2, 0) is 21.1 Å². The summed E-state index contributed by atoms with van der Waals surface area (Å²) >= 11 is 0. The van der Waals surface area contributed by atoms with Gasteiger partial charge in [-0.3, -0.25) is 4.90 Å². The summed E-state index contributed by atoms with van der Waals surface area (Å²) < 4.78 is 34.2. The van der Waals surface area contributed by atoms with Crippen LogP contribution in [0.15, 0.2) is 28.7 Å². The second-order valence-electron chi connectivity index (χ2n) is 6.10. The van der Waals surface area contributed by atoms with Gasteiger partial charge in [-0.1, -0.05) is 18.2 Å². The molecule has 1 aliphatic heterocycles. The lowest BCUT2D eigenvalue weighted by Crippen LogP contribution is -2.32. The fourth-order valence-electron chi connectivity index (χ4n) is 3.12. The third-order valence-electron chi connectivity index (χ3n) is 4.40. The van der Waals surface area contributed by atoms with Crippen LogP contribution in [0.1, 0.15) is 29.5 Å². The minimum atomic E-state index is -2.95. The van der Waals surface area contributed by atoms with Gasteiger partial charge in [0.25, 0.3) is 0 Å². The highest BCUT2D eigenvalue weighted by Gasteiger charge is 2.32. The van der Waals surface area contributed by atoms with Crippen molar-refractivity contribution in [2.45, 2.75) is 25.9 Å². The first-order valence-electron chi connectivity index (χ1n) is 7.99. The molecule has 1 aromatic carbocycles. The fraction of sp³-hybridized carbons (Fsp3) is 0.471. The van der Waals surface area contributed by atoms with Crippen molar-refractivity contribution in [2.75, 3.05) is 25.2 Å². The maximum Gasteiger partial charge on any atom is 0.374 e. The highest BCUT2D eigenvalue weighted by molar-refractivity contribution is 7.91. The van der Waals surface area contributed by atoms with E-state index in [4.69, 9.17) is 9.15 Å². The maximum atomic E-state index is 12.2. The van der Waals surface area contributed by atoms with Gasteiger partial charge in [0, 0.05) is 23.5 Å². The molecule has 6 nitrogen and oxygen atoms in total. The lowest BCUT2D eigenvalue weighted by atomic mass is 10.1. The molecule has 2 heterocycles. The number of nitrogens with zero attached hydrogens (tertiary/aromatic N) is 1. The van der Waals surface area contributed by atoms with Crippen molar-refractivity contribution >= 4 is 26.8 Å². The van der Waals surface area contributed by atoms with E-state index in [9.17, 15) is 13.2 Å². The van der Waals surface area contributed by atoms with Gasteiger partial charge in [0.15, 0.2) is 9.84 Å². The normalized spacial score (nSPS) is 19.9. The van der Waals surface area contributed by atoms with Gasteiger partial charge in [0.05, 0.1) is 18.1 Å². The van der Waals surface area contributed by atoms with E-state index < -0.39 is 15.8 Å². The molecule has 3 rings (SSSR count). The molecule has 0 bridgehead atoms. The minimum absolute atomic E-state index is 0.0429. The summed E-state index contributed by atoms with van der Waals surface area (Å²) in [6.45, 7) is 2.45. The van der Waals surface area contributed by atoms with Crippen LogP contribution in [0.4, 0.5) is 0 Å². The minimum Gasteiger partial charge on any atom is -0.460 e. The van der Waals surface area contributed by atoms with Crippen LogP contribution in [-0.4, -0.2) is 50.5 Å². The van der Waals surface area contributed by atoms with Crippen molar-refractivity contribution in [1.82, 2.24) is 4.90 Å². The second kappa shape index (κ2) is 6.57. The number of benzene rings is 1. The van der Waals surface area contributed by atoms with Crippen LogP contribution in [0.2, 0.25) is 0 Å². The monoisotopic (exact) mass is 351 g/mol. The van der Waals surface area contributed by atoms with Crippen LogP contribution >= 0.6 is 0 Å². The third kappa shape index (κ3) is 3.32. The van der Waals surface area contributed by atoms with Crippen LogP contribution in [0.3, 0.4) is 0 Å². The van der Waals surface area contributed by atoms with Crippen LogP contribution in [0.25, 0.3) is 11.0 Å². The lowest BCUT2D eigenvalue weighted by Gasteiger charge is -2.22.